The minimum atomic E-state index is -3.72. The Hall–Kier alpha value is -2.22. The number of aryl methyl sites for hydroxylation is 4. The van der Waals surface area contributed by atoms with Crippen LogP contribution in [0.2, 0.25) is 0 Å². The van der Waals surface area contributed by atoms with E-state index in [0.29, 0.717) is 49.5 Å². The van der Waals surface area contributed by atoms with E-state index in [4.69, 9.17) is 4.74 Å². The fourth-order valence-corrected chi connectivity index (χ4v) is 7.19. The summed E-state index contributed by atoms with van der Waals surface area (Å²) in [5, 5.41) is 0. The van der Waals surface area contributed by atoms with Crippen molar-refractivity contribution in [1.29, 1.82) is 0 Å². The summed E-state index contributed by atoms with van der Waals surface area (Å²) in [5.74, 6) is -0.00872. The SMILES string of the molecule is Cc1cc(C)c(S(=O)(=O)N2CCOC23CCN(C(=O)c2ccccc2C)CC3)c(C)c1. The third-order valence-corrected chi connectivity index (χ3v) is 8.74. The zero-order chi connectivity index (χ0) is 22.4. The van der Waals surface area contributed by atoms with Crippen LogP contribution in [-0.4, -0.2) is 55.5 Å². The first-order chi connectivity index (χ1) is 14.7. The minimum absolute atomic E-state index is 0.00872. The van der Waals surface area contributed by atoms with E-state index < -0.39 is 15.7 Å². The Morgan fingerprint density at radius 3 is 2.16 bits per heavy atom. The van der Waals surface area contributed by atoms with Crippen LogP contribution in [0.5, 0.6) is 0 Å². The molecule has 2 aromatic carbocycles. The number of amides is 1. The van der Waals surface area contributed by atoms with E-state index >= 15 is 0 Å². The van der Waals surface area contributed by atoms with Crippen LogP contribution in [0, 0.1) is 27.7 Å². The van der Waals surface area contributed by atoms with Crippen molar-refractivity contribution in [3.63, 3.8) is 0 Å². The number of hydrogen-bond donors (Lipinski definition) is 0. The zero-order valence-electron chi connectivity index (χ0n) is 18.6. The number of sulfonamides is 1. The topological polar surface area (TPSA) is 66.9 Å². The molecule has 1 amide bonds. The summed E-state index contributed by atoms with van der Waals surface area (Å²) in [7, 11) is -3.72. The predicted molar refractivity (Wildman–Crippen MR) is 120 cm³/mol. The summed E-state index contributed by atoms with van der Waals surface area (Å²) >= 11 is 0. The molecule has 0 radical (unpaired) electrons. The highest BCUT2D eigenvalue weighted by Crippen LogP contribution is 2.40. The van der Waals surface area contributed by atoms with Crippen molar-refractivity contribution in [2.24, 2.45) is 0 Å². The average Bonchev–Trinajstić information content (AvgIpc) is 3.11. The van der Waals surface area contributed by atoms with Crippen LogP contribution in [-0.2, 0) is 14.8 Å². The fraction of sp³-hybridized carbons (Fsp3) is 0.458. The van der Waals surface area contributed by atoms with Gasteiger partial charge in [-0.15, -0.1) is 0 Å². The van der Waals surface area contributed by atoms with Crippen molar-refractivity contribution >= 4 is 15.9 Å². The molecule has 0 saturated carbocycles. The van der Waals surface area contributed by atoms with E-state index in [1.807, 2.05) is 69.0 Å². The van der Waals surface area contributed by atoms with Gasteiger partial charge in [-0.2, -0.15) is 4.31 Å². The number of carbonyl (C=O) groups excluding carboxylic acids is 1. The highest BCUT2D eigenvalue weighted by atomic mass is 32.2. The van der Waals surface area contributed by atoms with Crippen molar-refractivity contribution in [2.75, 3.05) is 26.2 Å². The van der Waals surface area contributed by atoms with E-state index in [-0.39, 0.29) is 5.91 Å². The van der Waals surface area contributed by atoms with E-state index in [0.717, 1.165) is 22.3 Å². The minimum Gasteiger partial charge on any atom is -0.358 e. The molecule has 166 valence electrons. The van der Waals surface area contributed by atoms with E-state index in [9.17, 15) is 13.2 Å². The van der Waals surface area contributed by atoms with Crippen molar-refractivity contribution in [1.82, 2.24) is 9.21 Å². The maximum Gasteiger partial charge on any atom is 0.254 e. The highest BCUT2D eigenvalue weighted by molar-refractivity contribution is 7.89. The lowest BCUT2D eigenvalue weighted by molar-refractivity contribution is -0.0857. The molecule has 0 bridgehead atoms. The molecule has 31 heavy (non-hydrogen) atoms. The molecule has 2 aromatic rings. The Kier molecular flexibility index (Phi) is 5.70. The van der Waals surface area contributed by atoms with E-state index in [2.05, 4.69) is 0 Å². The molecule has 0 atom stereocenters. The molecule has 0 aromatic heterocycles. The van der Waals surface area contributed by atoms with Gasteiger partial charge >= 0.3 is 0 Å². The third-order valence-electron chi connectivity index (χ3n) is 6.48. The Labute approximate surface area is 184 Å². The summed E-state index contributed by atoms with van der Waals surface area (Å²) < 4.78 is 35.0. The third kappa shape index (κ3) is 3.79. The van der Waals surface area contributed by atoms with Crippen molar-refractivity contribution in [3.05, 3.63) is 64.2 Å². The maximum atomic E-state index is 13.7. The van der Waals surface area contributed by atoms with Gasteiger partial charge in [0, 0.05) is 38.0 Å². The second-order valence-electron chi connectivity index (χ2n) is 8.71. The van der Waals surface area contributed by atoms with Gasteiger partial charge < -0.3 is 9.64 Å². The molecule has 2 aliphatic heterocycles. The van der Waals surface area contributed by atoms with Crippen LogP contribution in [0.4, 0.5) is 0 Å². The highest BCUT2D eigenvalue weighted by Gasteiger charge is 2.51. The molecule has 2 heterocycles. The smallest absolute Gasteiger partial charge is 0.254 e. The number of ether oxygens (including phenoxy) is 1. The van der Waals surface area contributed by atoms with E-state index in [1.54, 1.807) is 4.31 Å². The summed E-state index contributed by atoms with van der Waals surface area (Å²) in [6.07, 6.45) is 0.932. The number of hydrogen-bond acceptors (Lipinski definition) is 4. The van der Waals surface area contributed by atoms with Crippen LogP contribution in [0.3, 0.4) is 0 Å². The molecule has 7 heteroatoms. The van der Waals surface area contributed by atoms with Gasteiger partial charge in [-0.1, -0.05) is 35.9 Å². The predicted octanol–water partition coefficient (Wildman–Crippen LogP) is 3.57. The first-order valence-electron chi connectivity index (χ1n) is 10.8. The molecule has 2 saturated heterocycles. The lowest BCUT2D eigenvalue weighted by atomic mass is 9.99. The van der Waals surface area contributed by atoms with Gasteiger partial charge in [0.2, 0.25) is 10.0 Å². The average molecular weight is 443 g/mol. The number of nitrogens with zero attached hydrogens (tertiary/aromatic N) is 2. The number of benzene rings is 2. The van der Waals surface area contributed by atoms with Crippen LogP contribution < -0.4 is 0 Å². The van der Waals surface area contributed by atoms with Crippen LogP contribution in [0.15, 0.2) is 41.3 Å². The largest absolute Gasteiger partial charge is 0.358 e. The molecule has 0 unspecified atom stereocenters. The molecule has 4 rings (SSSR count). The van der Waals surface area contributed by atoms with Crippen molar-refractivity contribution < 1.29 is 17.9 Å². The molecular weight excluding hydrogens is 412 g/mol. The van der Waals surface area contributed by atoms with Gasteiger partial charge in [0.25, 0.3) is 5.91 Å². The summed E-state index contributed by atoms with van der Waals surface area (Å²) in [6.45, 7) is 9.23. The molecular formula is C24H30N2O4S. The first kappa shape index (κ1) is 22.0. The van der Waals surface area contributed by atoms with Gasteiger partial charge in [-0.05, 0) is 50.5 Å². The summed E-state index contributed by atoms with van der Waals surface area (Å²) in [6, 6.07) is 11.4. The fourth-order valence-electron chi connectivity index (χ4n) is 5.05. The van der Waals surface area contributed by atoms with Crippen LogP contribution >= 0.6 is 0 Å². The Balaban J connectivity index is 1.58. The number of piperidine rings is 1. The van der Waals surface area contributed by atoms with E-state index in [1.165, 1.54) is 0 Å². The summed E-state index contributed by atoms with van der Waals surface area (Å²) in [4.78, 5) is 15.2. The van der Waals surface area contributed by atoms with Gasteiger partial charge in [0.1, 0.15) is 5.72 Å². The molecule has 2 aliphatic rings. The first-order valence-corrected chi connectivity index (χ1v) is 12.2. The number of carbonyl (C=O) groups is 1. The zero-order valence-corrected chi connectivity index (χ0v) is 19.5. The van der Waals surface area contributed by atoms with Crippen LogP contribution in [0.25, 0.3) is 0 Å². The second-order valence-corrected chi connectivity index (χ2v) is 10.5. The maximum absolute atomic E-state index is 13.7. The Morgan fingerprint density at radius 1 is 0.935 bits per heavy atom. The molecule has 2 fully saturated rings. The second kappa shape index (κ2) is 8.04. The van der Waals surface area contributed by atoms with Gasteiger partial charge in [0.15, 0.2) is 0 Å². The lowest BCUT2D eigenvalue weighted by Gasteiger charge is -2.43. The van der Waals surface area contributed by atoms with Gasteiger partial charge in [-0.3, -0.25) is 4.79 Å². The molecule has 1 spiro atoms. The van der Waals surface area contributed by atoms with Gasteiger partial charge in [-0.25, -0.2) is 8.42 Å². The number of likely N-dealkylation sites (tertiary alicyclic amines) is 1. The standard InChI is InChI=1S/C24H30N2O4S/c1-17-15-19(3)22(20(4)16-17)31(28,29)26-13-14-30-24(26)9-11-25(12-10-24)23(27)21-8-6-5-7-18(21)2/h5-8,15-16H,9-14H2,1-4H3. The normalized spacial score (nSPS) is 19.2. The molecule has 6 nitrogen and oxygen atoms in total. The lowest BCUT2D eigenvalue weighted by Crippen LogP contribution is -2.55. The number of rotatable bonds is 3. The Bertz CT molecular complexity index is 1100. The molecule has 0 N–H and O–H groups in total. The monoisotopic (exact) mass is 442 g/mol. The quantitative estimate of drug-likeness (QED) is 0.729. The van der Waals surface area contributed by atoms with Crippen molar-refractivity contribution in [2.45, 2.75) is 51.2 Å². The van der Waals surface area contributed by atoms with Gasteiger partial charge in [0.05, 0.1) is 11.5 Å². The van der Waals surface area contributed by atoms with Crippen LogP contribution in [0.1, 0.15) is 45.5 Å². The molecule has 0 aliphatic carbocycles. The van der Waals surface area contributed by atoms with Crippen molar-refractivity contribution in [3.8, 4) is 0 Å². The Morgan fingerprint density at radius 2 is 1.55 bits per heavy atom. The summed E-state index contributed by atoms with van der Waals surface area (Å²) in [5.41, 5.74) is 3.31.